The van der Waals surface area contributed by atoms with E-state index in [0.29, 0.717) is 27.7 Å². The second-order valence-electron chi connectivity index (χ2n) is 5.71. The fourth-order valence-electron chi connectivity index (χ4n) is 2.75. The van der Waals surface area contributed by atoms with Gasteiger partial charge in [0.05, 0.1) is 12.7 Å². The first-order valence-corrected chi connectivity index (χ1v) is 8.51. The van der Waals surface area contributed by atoms with E-state index in [1.54, 1.807) is 19.1 Å². The van der Waals surface area contributed by atoms with Crippen LogP contribution in [0, 0.1) is 5.82 Å². The van der Waals surface area contributed by atoms with Crippen LogP contribution in [0.1, 0.15) is 24.1 Å². The summed E-state index contributed by atoms with van der Waals surface area (Å²) in [5.74, 6) is -0.439. The molecular weight excluding hydrogens is 378 g/mol. The SMILES string of the molecule is COC(=O)C1=C(C)NC(c2ccc(Cl)cc2)=NC1c1ccc(F)cc1Cl. The molecule has 3 rings (SSSR count). The summed E-state index contributed by atoms with van der Waals surface area (Å²) in [5.41, 5.74) is 2.21. The summed E-state index contributed by atoms with van der Waals surface area (Å²) in [7, 11) is 1.30. The molecule has 0 spiro atoms. The van der Waals surface area contributed by atoms with E-state index in [9.17, 15) is 9.18 Å². The van der Waals surface area contributed by atoms with E-state index in [1.807, 2.05) is 12.1 Å². The number of benzene rings is 2. The molecule has 134 valence electrons. The number of ether oxygens (including phenoxy) is 1. The predicted molar refractivity (Wildman–Crippen MR) is 100.0 cm³/mol. The van der Waals surface area contributed by atoms with Gasteiger partial charge in [-0.1, -0.05) is 29.3 Å². The van der Waals surface area contributed by atoms with Crippen molar-refractivity contribution in [3.8, 4) is 0 Å². The van der Waals surface area contributed by atoms with E-state index < -0.39 is 17.8 Å². The highest BCUT2D eigenvalue weighted by Crippen LogP contribution is 2.36. The van der Waals surface area contributed by atoms with Gasteiger partial charge in [-0.25, -0.2) is 9.18 Å². The highest BCUT2D eigenvalue weighted by atomic mass is 35.5. The quantitative estimate of drug-likeness (QED) is 0.772. The third kappa shape index (κ3) is 3.59. The van der Waals surface area contributed by atoms with E-state index in [2.05, 4.69) is 10.3 Å². The average molecular weight is 393 g/mol. The second-order valence-corrected chi connectivity index (χ2v) is 6.55. The van der Waals surface area contributed by atoms with Crippen LogP contribution in [-0.2, 0) is 9.53 Å². The largest absolute Gasteiger partial charge is 0.466 e. The van der Waals surface area contributed by atoms with E-state index in [4.69, 9.17) is 27.9 Å². The molecule has 2 aromatic carbocycles. The summed E-state index contributed by atoms with van der Waals surface area (Å²) in [4.78, 5) is 16.9. The standard InChI is InChI=1S/C19H15Cl2FN2O2/c1-10-16(19(25)26-2)17(14-8-7-13(22)9-15(14)21)24-18(23-10)11-3-5-12(20)6-4-11/h3-9,17H,1-2H3,(H,23,24). The first kappa shape index (κ1) is 18.4. The third-order valence-corrected chi connectivity index (χ3v) is 4.60. The van der Waals surface area contributed by atoms with Crippen molar-refractivity contribution < 1.29 is 13.9 Å². The Balaban J connectivity index is 2.13. The Morgan fingerprint density at radius 2 is 1.88 bits per heavy atom. The minimum Gasteiger partial charge on any atom is -0.466 e. The summed E-state index contributed by atoms with van der Waals surface area (Å²) in [5, 5.41) is 3.90. The monoisotopic (exact) mass is 392 g/mol. The maximum Gasteiger partial charge on any atom is 0.338 e. The molecule has 7 heteroatoms. The van der Waals surface area contributed by atoms with Gasteiger partial charge in [-0.2, -0.15) is 0 Å². The molecular formula is C19H15Cl2FN2O2. The second kappa shape index (κ2) is 7.48. The van der Waals surface area contributed by atoms with Gasteiger partial charge < -0.3 is 10.1 Å². The minimum absolute atomic E-state index is 0.185. The Morgan fingerprint density at radius 3 is 2.50 bits per heavy atom. The van der Waals surface area contributed by atoms with Crippen LogP contribution in [0.25, 0.3) is 0 Å². The maximum absolute atomic E-state index is 13.4. The van der Waals surface area contributed by atoms with Crippen LogP contribution in [0.15, 0.2) is 58.7 Å². The lowest BCUT2D eigenvalue weighted by Gasteiger charge is -2.26. The molecule has 0 radical (unpaired) electrons. The van der Waals surface area contributed by atoms with Gasteiger partial charge in [0.15, 0.2) is 0 Å². The van der Waals surface area contributed by atoms with Crippen LogP contribution >= 0.6 is 23.2 Å². The molecule has 1 unspecified atom stereocenters. The van der Waals surface area contributed by atoms with Crippen molar-refractivity contribution in [2.45, 2.75) is 13.0 Å². The van der Waals surface area contributed by atoms with E-state index >= 15 is 0 Å². The number of carbonyl (C=O) groups excluding carboxylic acids is 1. The van der Waals surface area contributed by atoms with E-state index in [-0.39, 0.29) is 5.02 Å². The number of nitrogens with zero attached hydrogens (tertiary/aromatic N) is 1. The predicted octanol–water partition coefficient (Wildman–Crippen LogP) is 4.67. The molecule has 0 fully saturated rings. The summed E-state index contributed by atoms with van der Waals surface area (Å²) in [6, 6.07) is 10.4. The fraction of sp³-hybridized carbons (Fsp3) is 0.158. The lowest BCUT2D eigenvalue weighted by molar-refractivity contribution is -0.136. The van der Waals surface area contributed by atoms with Gasteiger partial charge in [-0.05, 0) is 43.3 Å². The number of hydrogen-bond acceptors (Lipinski definition) is 4. The highest BCUT2D eigenvalue weighted by molar-refractivity contribution is 6.31. The molecule has 0 aromatic heterocycles. The van der Waals surface area contributed by atoms with Gasteiger partial charge >= 0.3 is 5.97 Å². The molecule has 1 heterocycles. The van der Waals surface area contributed by atoms with Gasteiger partial charge in [-0.3, -0.25) is 4.99 Å². The van der Waals surface area contributed by atoms with Crippen LogP contribution in [-0.4, -0.2) is 18.9 Å². The first-order valence-electron chi connectivity index (χ1n) is 7.75. The maximum atomic E-state index is 13.4. The number of halogens is 3. The van der Waals surface area contributed by atoms with Crippen molar-refractivity contribution in [2.75, 3.05) is 7.11 Å². The van der Waals surface area contributed by atoms with Crippen molar-refractivity contribution in [1.29, 1.82) is 0 Å². The molecule has 1 aliphatic rings. The van der Waals surface area contributed by atoms with Crippen LogP contribution in [0.5, 0.6) is 0 Å². The highest BCUT2D eigenvalue weighted by Gasteiger charge is 2.31. The van der Waals surface area contributed by atoms with E-state index in [0.717, 1.165) is 5.56 Å². The molecule has 2 aromatic rings. The van der Waals surface area contributed by atoms with Crippen LogP contribution in [0.2, 0.25) is 10.0 Å². The molecule has 26 heavy (non-hydrogen) atoms. The number of esters is 1. The Kier molecular flexibility index (Phi) is 5.30. The molecule has 4 nitrogen and oxygen atoms in total. The Hall–Kier alpha value is -2.37. The molecule has 1 aliphatic heterocycles. The van der Waals surface area contributed by atoms with E-state index in [1.165, 1.54) is 25.3 Å². The van der Waals surface area contributed by atoms with Crippen molar-refractivity contribution in [2.24, 2.45) is 4.99 Å². The molecule has 0 saturated carbocycles. The van der Waals surface area contributed by atoms with Crippen molar-refractivity contribution in [3.05, 3.63) is 80.7 Å². The van der Waals surface area contributed by atoms with Gasteiger partial charge in [0.1, 0.15) is 17.7 Å². The normalized spacial score (nSPS) is 16.8. The Bertz CT molecular complexity index is 924. The lowest BCUT2D eigenvalue weighted by atomic mass is 9.95. The summed E-state index contributed by atoms with van der Waals surface area (Å²) < 4.78 is 18.3. The molecule has 1 atom stereocenters. The number of rotatable bonds is 3. The number of aliphatic imine (C=N–C) groups is 1. The number of nitrogens with one attached hydrogen (secondary N) is 1. The summed E-state index contributed by atoms with van der Waals surface area (Å²) >= 11 is 12.2. The lowest BCUT2D eigenvalue weighted by Crippen LogP contribution is -2.32. The van der Waals surface area contributed by atoms with Crippen LogP contribution in [0.4, 0.5) is 4.39 Å². The third-order valence-electron chi connectivity index (χ3n) is 4.02. The Morgan fingerprint density at radius 1 is 1.19 bits per heavy atom. The van der Waals surface area contributed by atoms with Crippen LogP contribution < -0.4 is 5.32 Å². The molecule has 1 N–H and O–H groups in total. The minimum atomic E-state index is -0.720. The van der Waals surface area contributed by atoms with Crippen LogP contribution in [0.3, 0.4) is 0 Å². The zero-order chi connectivity index (χ0) is 18.8. The van der Waals surface area contributed by atoms with Crippen molar-refractivity contribution >= 4 is 35.0 Å². The van der Waals surface area contributed by atoms with Crippen molar-refractivity contribution in [1.82, 2.24) is 5.32 Å². The van der Waals surface area contributed by atoms with Gasteiger partial charge in [0.2, 0.25) is 0 Å². The summed E-state index contributed by atoms with van der Waals surface area (Å²) in [6.45, 7) is 1.75. The number of methoxy groups -OCH3 is 1. The molecule has 0 saturated heterocycles. The average Bonchev–Trinajstić information content (AvgIpc) is 2.61. The number of carbonyl (C=O) groups is 1. The zero-order valence-electron chi connectivity index (χ0n) is 14.0. The molecule has 0 aliphatic carbocycles. The Labute approximate surface area is 160 Å². The molecule has 0 bridgehead atoms. The summed E-state index contributed by atoms with van der Waals surface area (Å²) in [6.07, 6.45) is 0. The zero-order valence-corrected chi connectivity index (χ0v) is 15.5. The van der Waals surface area contributed by atoms with Gasteiger partial charge in [0.25, 0.3) is 0 Å². The van der Waals surface area contributed by atoms with Crippen molar-refractivity contribution in [3.63, 3.8) is 0 Å². The topological polar surface area (TPSA) is 50.7 Å². The van der Waals surface area contributed by atoms with Gasteiger partial charge in [0, 0.05) is 26.9 Å². The molecule has 0 amide bonds. The number of allylic oxidation sites excluding steroid dienone is 1. The smallest absolute Gasteiger partial charge is 0.338 e. The van der Waals surface area contributed by atoms with Gasteiger partial charge in [-0.15, -0.1) is 0 Å². The number of amidine groups is 1. The first-order chi connectivity index (χ1) is 12.4. The fourth-order valence-corrected chi connectivity index (χ4v) is 3.15. The number of hydrogen-bond donors (Lipinski definition) is 1.